The average molecular weight is 480 g/mol. The molecule has 1 heterocycles. The van der Waals surface area contributed by atoms with E-state index in [0.717, 1.165) is 29.6 Å². The van der Waals surface area contributed by atoms with Crippen molar-refractivity contribution >= 4 is 29.3 Å². The minimum atomic E-state index is -4.43. The molecule has 1 aliphatic heterocycles. The van der Waals surface area contributed by atoms with Gasteiger partial charge < -0.3 is 15.1 Å². The second-order valence-electron chi connectivity index (χ2n) is 8.12. The minimum Gasteiger partial charge on any atom is -0.368 e. The molecule has 1 N–H and O–H groups in total. The van der Waals surface area contributed by atoms with E-state index < -0.39 is 17.8 Å². The fourth-order valence-electron chi connectivity index (χ4n) is 3.83. The maximum Gasteiger partial charge on any atom is 0.416 e. The van der Waals surface area contributed by atoms with E-state index in [1.165, 1.54) is 24.1 Å². The lowest BCUT2D eigenvalue weighted by Crippen LogP contribution is -2.55. The predicted molar refractivity (Wildman–Crippen MR) is 124 cm³/mol. The van der Waals surface area contributed by atoms with Crippen LogP contribution in [0, 0.1) is 13.8 Å². The normalized spacial score (nSPS) is 15.3. The van der Waals surface area contributed by atoms with E-state index in [1.54, 1.807) is 11.0 Å². The van der Waals surface area contributed by atoms with Crippen LogP contribution in [0.3, 0.4) is 0 Å². The Balaban J connectivity index is 1.64. The van der Waals surface area contributed by atoms with Crippen molar-refractivity contribution in [3.8, 4) is 0 Å². The van der Waals surface area contributed by atoms with E-state index >= 15 is 0 Å². The van der Waals surface area contributed by atoms with Gasteiger partial charge in [-0.2, -0.15) is 13.2 Å². The first-order valence-electron chi connectivity index (χ1n) is 10.7. The highest BCUT2D eigenvalue weighted by molar-refractivity contribution is 7.99. The Hall–Kier alpha value is -2.68. The molecule has 1 fully saturated rings. The molecule has 1 aliphatic rings. The van der Waals surface area contributed by atoms with Gasteiger partial charge in [-0.3, -0.25) is 9.59 Å². The zero-order valence-corrected chi connectivity index (χ0v) is 19.7. The molecule has 1 atom stereocenters. The molecule has 0 bridgehead atoms. The van der Waals surface area contributed by atoms with Crippen LogP contribution in [0.25, 0.3) is 0 Å². The molecule has 1 unspecified atom stereocenters. The van der Waals surface area contributed by atoms with Gasteiger partial charge in [0.05, 0.1) is 5.56 Å². The van der Waals surface area contributed by atoms with Gasteiger partial charge in [-0.05, 0) is 49.2 Å². The van der Waals surface area contributed by atoms with Gasteiger partial charge in [-0.1, -0.05) is 18.2 Å². The highest BCUT2D eigenvalue weighted by atomic mass is 32.2. The number of hydrogen-bond acceptors (Lipinski definition) is 4. The predicted octanol–water partition coefficient (Wildman–Crippen LogP) is 4.27. The molecule has 0 aliphatic carbocycles. The highest BCUT2D eigenvalue weighted by Crippen LogP contribution is 2.32. The summed E-state index contributed by atoms with van der Waals surface area (Å²) >= 11 is 1.12. The highest BCUT2D eigenvalue weighted by Gasteiger charge is 2.31. The summed E-state index contributed by atoms with van der Waals surface area (Å²) in [6.45, 7) is 7.84. The molecule has 2 aromatic carbocycles. The van der Waals surface area contributed by atoms with Gasteiger partial charge in [0.15, 0.2) is 0 Å². The summed E-state index contributed by atoms with van der Waals surface area (Å²) < 4.78 is 38.9. The van der Waals surface area contributed by atoms with E-state index in [-0.39, 0.29) is 17.6 Å². The monoisotopic (exact) mass is 479 g/mol. The first-order chi connectivity index (χ1) is 15.6. The maximum absolute atomic E-state index is 13.1. The lowest BCUT2D eigenvalue weighted by molar-refractivity contribution is -0.137. The number of piperazine rings is 1. The summed E-state index contributed by atoms with van der Waals surface area (Å²) in [4.78, 5) is 29.2. The van der Waals surface area contributed by atoms with Crippen LogP contribution in [-0.4, -0.2) is 54.7 Å². The van der Waals surface area contributed by atoms with Crippen molar-refractivity contribution in [3.05, 3.63) is 59.2 Å². The van der Waals surface area contributed by atoms with Gasteiger partial charge >= 0.3 is 6.18 Å². The van der Waals surface area contributed by atoms with Crippen LogP contribution in [0.5, 0.6) is 0 Å². The number of carbonyl (C=O) groups excluding carboxylic acids is 2. The number of anilines is 1. The van der Waals surface area contributed by atoms with Crippen molar-refractivity contribution in [2.24, 2.45) is 0 Å². The van der Waals surface area contributed by atoms with Crippen LogP contribution in [0.15, 0.2) is 47.4 Å². The fraction of sp³-hybridized carbons (Fsp3) is 0.417. The zero-order valence-electron chi connectivity index (χ0n) is 18.9. The number of hydrogen-bond donors (Lipinski definition) is 1. The Kier molecular flexibility index (Phi) is 7.94. The molecule has 2 amide bonds. The van der Waals surface area contributed by atoms with Gasteiger partial charge in [0.2, 0.25) is 11.8 Å². The van der Waals surface area contributed by atoms with Crippen LogP contribution in [-0.2, 0) is 15.8 Å². The summed E-state index contributed by atoms with van der Waals surface area (Å²) in [5.41, 5.74) is 2.84. The number of amides is 2. The lowest BCUT2D eigenvalue weighted by atomic mass is 10.1. The number of nitrogens with one attached hydrogen (secondary N) is 1. The number of nitrogens with zero attached hydrogens (tertiary/aromatic N) is 2. The maximum atomic E-state index is 13.1. The van der Waals surface area contributed by atoms with E-state index in [9.17, 15) is 22.8 Å². The third-order valence-corrected chi connectivity index (χ3v) is 6.85. The van der Waals surface area contributed by atoms with Gasteiger partial charge in [-0.25, -0.2) is 0 Å². The Bertz CT molecular complexity index is 1000. The van der Waals surface area contributed by atoms with Crippen LogP contribution in [0.1, 0.15) is 23.6 Å². The molecule has 0 saturated carbocycles. The molecular weight excluding hydrogens is 451 g/mol. The van der Waals surface area contributed by atoms with Crippen molar-refractivity contribution in [2.75, 3.05) is 36.8 Å². The zero-order chi connectivity index (χ0) is 24.2. The van der Waals surface area contributed by atoms with E-state index in [4.69, 9.17) is 0 Å². The molecular formula is C24H28F3N3O2S. The molecule has 9 heteroatoms. The van der Waals surface area contributed by atoms with Crippen LogP contribution >= 0.6 is 11.8 Å². The van der Waals surface area contributed by atoms with Crippen molar-refractivity contribution in [1.29, 1.82) is 0 Å². The molecule has 0 spiro atoms. The molecule has 1 saturated heterocycles. The lowest BCUT2D eigenvalue weighted by Gasteiger charge is -2.38. The SMILES string of the molecule is CC(=O)NC(CSc1cccc(C(F)(F)F)c1)C(=O)N1CCN(c2cccc(C)c2C)CC1. The minimum absolute atomic E-state index is 0.150. The van der Waals surface area contributed by atoms with Crippen molar-refractivity contribution in [3.63, 3.8) is 0 Å². The molecule has 5 nitrogen and oxygen atoms in total. The van der Waals surface area contributed by atoms with E-state index in [0.29, 0.717) is 31.1 Å². The Labute approximate surface area is 196 Å². The molecule has 33 heavy (non-hydrogen) atoms. The average Bonchev–Trinajstić information content (AvgIpc) is 2.77. The van der Waals surface area contributed by atoms with Gasteiger partial charge in [0, 0.05) is 49.4 Å². The first kappa shape index (κ1) is 25.0. The third kappa shape index (κ3) is 6.43. The number of rotatable bonds is 6. The molecule has 0 radical (unpaired) electrons. The quantitative estimate of drug-likeness (QED) is 0.629. The largest absolute Gasteiger partial charge is 0.416 e. The number of halogens is 3. The summed E-state index contributed by atoms with van der Waals surface area (Å²) in [5.74, 6) is -0.422. The van der Waals surface area contributed by atoms with Crippen LogP contribution in [0.4, 0.5) is 18.9 Å². The first-order valence-corrected chi connectivity index (χ1v) is 11.7. The molecule has 0 aromatic heterocycles. The van der Waals surface area contributed by atoms with Crippen molar-refractivity contribution in [2.45, 2.75) is 37.9 Å². The standard InChI is InChI=1S/C24H28F3N3O2S/c1-16-6-4-9-22(17(16)2)29-10-12-30(13-11-29)23(32)21(28-18(3)31)15-33-20-8-5-7-19(14-20)24(25,26)27/h4-9,14,21H,10-13,15H2,1-3H3,(H,28,31). The number of aryl methyl sites for hydroxylation is 1. The Morgan fingerprint density at radius 3 is 2.36 bits per heavy atom. The van der Waals surface area contributed by atoms with Crippen LogP contribution < -0.4 is 10.2 Å². The number of benzene rings is 2. The second kappa shape index (κ2) is 10.5. The summed E-state index contributed by atoms with van der Waals surface area (Å²) in [5, 5.41) is 2.66. The summed E-state index contributed by atoms with van der Waals surface area (Å²) in [6, 6.07) is 10.3. The molecule has 178 valence electrons. The molecule has 3 rings (SSSR count). The summed E-state index contributed by atoms with van der Waals surface area (Å²) in [7, 11) is 0. The summed E-state index contributed by atoms with van der Waals surface area (Å²) in [6.07, 6.45) is -4.43. The third-order valence-electron chi connectivity index (χ3n) is 5.76. The van der Waals surface area contributed by atoms with Gasteiger partial charge in [-0.15, -0.1) is 11.8 Å². The van der Waals surface area contributed by atoms with Crippen LogP contribution in [0.2, 0.25) is 0 Å². The topological polar surface area (TPSA) is 52.7 Å². The number of alkyl halides is 3. The smallest absolute Gasteiger partial charge is 0.368 e. The molecule has 2 aromatic rings. The van der Waals surface area contributed by atoms with Crippen molar-refractivity contribution in [1.82, 2.24) is 10.2 Å². The second-order valence-corrected chi connectivity index (χ2v) is 9.21. The van der Waals surface area contributed by atoms with E-state index in [1.807, 2.05) is 6.07 Å². The number of thioether (sulfide) groups is 1. The van der Waals surface area contributed by atoms with Crippen molar-refractivity contribution < 1.29 is 22.8 Å². The van der Waals surface area contributed by atoms with E-state index in [2.05, 4.69) is 36.2 Å². The fourth-order valence-corrected chi connectivity index (χ4v) is 4.80. The Morgan fingerprint density at radius 1 is 1.06 bits per heavy atom. The number of carbonyl (C=O) groups is 2. The van der Waals surface area contributed by atoms with Gasteiger partial charge in [0.25, 0.3) is 0 Å². The Morgan fingerprint density at radius 2 is 1.73 bits per heavy atom. The van der Waals surface area contributed by atoms with Gasteiger partial charge in [0.1, 0.15) is 6.04 Å².